The van der Waals surface area contributed by atoms with Crippen LogP contribution in [0, 0.1) is 0 Å². The van der Waals surface area contributed by atoms with Gasteiger partial charge in [-0.3, -0.25) is 4.79 Å². The molecule has 0 saturated carbocycles. The molecule has 0 aliphatic heterocycles. The van der Waals surface area contributed by atoms with Crippen LogP contribution in [-0.4, -0.2) is 55.4 Å². The van der Waals surface area contributed by atoms with Crippen molar-refractivity contribution in [2.45, 2.75) is 18.2 Å². The van der Waals surface area contributed by atoms with Gasteiger partial charge in [-0.2, -0.15) is 0 Å². The number of sulfonamides is 1. The van der Waals surface area contributed by atoms with Crippen LogP contribution >= 0.6 is 0 Å². The van der Waals surface area contributed by atoms with Crippen LogP contribution in [0.3, 0.4) is 0 Å². The molecule has 2 rings (SSSR count). The van der Waals surface area contributed by atoms with Gasteiger partial charge >= 0.3 is 0 Å². The first-order valence-electron chi connectivity index (χ1n) is 10.3. The lowest BCUT2D eigenvalue weighted by atomic mass is 10.1. The van der Waals surface area contributed by atoms with E-state index in [1.165, 1.54) is 51.7 Å². The van der Waals surface area contributed by atoms with Crippen molar-refractivity contribution < 1.29 is 32.2 Å². The van der Waals surface area contributed by atoms with Crippen LogP contribution in [0.4, 0.5) is 5.69 Å². The predicted octanol–water partition coefficient (Wildman–Crippen LogP) is 3.07. The predicted molar refractivity (Wildman–Crippen MR) is 127 cm³/mol. The molecule has 2 N–H and O–H groups in total. The van der Waals surface area contributed by atoms with E-state index in [-0.39, 0.29) is 17.3 Å². The van der Waals surface area contributed by atoms with E-state index in [1.54, 1.807) is 18.2 Å². The van der Waals surface area contributed by atoms with Crippen molar-refractivity contribution in [2.75, 3.05) is 46.4 Å². The largest absolute Gasteiger partial charge is 0.493 e. The second kappa shape index (κ2) is 12.8. The van der Waals surface area contributed by atoms with Gasteiger partial charge in [-0.25, -0.2) is 13.1 Å². The summed E-state index contributed by atoms with van der Waals surface area (Å²) in [5.74, 6) is 1.02. The summed E-state index contributed by atoms with van der Waals surface area (Å²) in [7, 11) is 0.911. The molecule has 9 nitrogen and oxygen atoms in total. The Labute approximate surface area is 194 Å². The lowest BCUT2D eigenvalue weighted by molar-refractivity contribution is -0.111. The highest BCUT2D eigenvalue weighted by Gasteiger charge is 2.14. The number of carbonyl (C=O) groups is 1. The van der Waals surface area contributed by atoms with Crippen molar-refractivity contribution >= 4 is 27.7 Å². The van der Waals surface area contributed by atoms with Crippen LogP contribution in [0.2, 0.25) is 0 Å². The zero-order valence-electron chi connectivity index (χ0n) is 19.2. The highest BCUT2D eigenvalue weighted by atomic mass is 32.2. The first-order chi connectivity index (χ1) is 15.8. The van der Waals surface area contributed by atoms with Gasteiger partial charge < -0.3 is 24.3 Å². The Morgan fingerprint density at radius 1 is 1.00 bits per heavy atom. The maximum atomic E-state index is 12.3. The van der Waals surface area contributed by atoms with Crippen molar-refractivity contribution in [3.8, 4) is 17.2 Å². The normalized spacial score (nSPS) is 11.4. The van der Waals surface area contributed by atoms with Gasteiger partial charge in [0.1, 0.15) is 0 Å². The molecule has 10 heteroatoms. The number of carbonyl (C=O) groups excluding carboxylic acids is 1. The summed E-state index contributed by atoms with van der Waals surface area (Å²) in [6.07, 6.45) is 3.54. The molecule has 1 amide bonds. The molecule has 180 valence electrons. The van der Waals surface area contributed by atoms with Crippen molar-refractivity contribution in [1.29, 1.82) is 0 Å². The minimum atomic E-state index is -3.62. The maximum Gasteiger partial charge on any atom is 0.248 e. The first kappa shape index (κ1) is 26.2. The van der Waals surface area contributed by atoms with Gasteiger partial charge in [-0.05, 0) is 61.4 Å². The topological polar surface area (TPSA) is 112 Å². The number of methoxy groups -OCH3 is 3. The Morgan fingerprint density at radius 2 is 1.64 bits per heavy atom. The molecule has 0 aliphatic carbocycles. The van der Waals surface area contributed by atoms with E-state index in [4.69, 9.17) is 18.9 Å². The van der Waals surface area contributed by atoms with Crippen molar-refractivity contribution in [1.82, 2.24) is 4.72 Å². The number of ether oxygens (including phenoxy) is 4. The van der Waals surface area contributed by atoms with Crippen LogP contribution < -0.4 is 24.2 Å². The second-order valence-corrected chi connectivity index (χ2v) is 8.52. The van der Waals surface area contributed by atoms with E-state index in [2.05, 4.69) is 10.0 Å². The zero-order valence-corrected chi connectivity index (χ0v) is 20.0. The molecule has 0 atom stereocenters. The van der Waals surface area contributed by atoms with Crippen molar-refractivity contribution in [2.24, 2.45) is 0 Å². The highest BCUT2D eigenvalue weighted by Crippen LogP contribution is 2.38. The van der Waals surface area contributed by atoms with Crippen LogP contribution in [0.25, 0.3) is 6.08 Å². The molecular formula is C23H30N2O7S. The molecule has 0 bridgehead atoms. The molecule has 2 aromatic rings. The number of nitrogens with one attached hydrogen (secondary N) is 2. The van der Waals surface area contributed by atoms with Gasteiger partial charge in [0.05, 0.1) is 26.2 Å². The van der Waals surface area contributed by atoms with Gasteiger partial charge in [-0.15, -0.1) is 0 Å². The summed E-state index contributed by atoms with van der Waals surface area (Å²) in [5.41, 5.74) is 1.14. The summed E-state index contributed by atoms with van der Waals surface area (Å²) >= 11 is 0. The number of rotatable bonds is 13. The Hall–Kier alpha value is -3.08. The van der Waals surface area contributed by atoms with Crippen LogP contribution in [-0.2, 0) is 19.6 Å². The third kappa shape index (κ3) is 7.77. The molecular weight excluding hydrogens is 448 g/mol. The number of amides is 1. The lowest BCUT2D eigenvalue weighted by Gasteiger charge is -2.12. The number of hydrogen-bond acceptors (Lipinski definition) is 7. The lowest BCUT2D eigenvalue weighted by Crippen LogP contribution is -2.25. The average Bonchev–Trinajstić information content (AvgIpc) is 2.82. The Morgan fingerprint density at radius 3 is 2.18 bits per heavy atom. The summed E-state index contributed by atoms with van der Waals surface area (Å²) in [6.45, 7) is 3.26. The van der Waals surface area contributed by atoms with Crippen LogP contribution in [0.1, 0.15) is 18.9 Å². The molecule has 0 heterocycles. The Kier molecular flexibility index (Phi) is 10.2. The minimum Gasteiger partial charge on any atom is -0.493 e. The van der Waals surface area contributed by atoms with E-state index >= 15 is 0 Å². The van der Waals surface area contributed by atoms with Gasteiger partial charge in [0.2, 0.25) is 21.7 Å². The second-order valence-electron chi connectivity index (χ2n) is 6.75. The average molecular weight is 479 g/mol. The Balaban J connectivity index is 2.00. The van der Waals surface area contributed by atoms with Gasteiger partial charge in [-0.1, -0.05) is 0 Å². The fourth-order valence-corrected chi connectivity index (χ4v) is 3.95. The molecule has 0 aromatic heterocycles. The fourth-order valence-electron chi connectivity index (χ4n) is 2.88. The SMILES string of the molecule is CCOCCCNS(=O)(=O)c1ccc(NC(=O)C=Cc2cc(OC)c(OC)c(OC)c2)cc1. The van der Waals surface area contributed by atoms with E-state index in [0.717, 1.165) is 0 Å². The maximum absolute atomic E-state index is 12.3. The Bertz CT molecular complexity index is 1030. The molecule has 0 fully saturated rings. The van der Waals surface area contributed by atoms with E-state index < -0.39 is 10.0 Å². The standard InChI is InChI=1S/C23H30N2O7S/c1-5-32-14-6-13-24-33(27,28)19-10-8-18(9-11-19)25-22(26)12-7-17-15-20(29-2)23(31-4)21(16-17)30-3/h7-12,15-16,24H,5-6,13-14H2,1-4H3,(H,25,26). The fraction of sp³-hybridized carbons (Fsp3) is 0.348. The molecule has 0 radical (unpaired) electrons. The molecule has 33 heavy (non-hydrogen) atoms. The minimum absolute atomic E-state index is 0.116. The third-order valence-corrected chi connectivity index (χ3v) is 5.98. The number of hydrogen-bond donors (Lipinski definition) is 2. The molecule has 0 unspecified atom stereocenters. The molecule has 0 saturated heterocycles. The van der Waals surface area contributed by atoms with E-state index in [1.807, 2.05) is 6.92 Å². The molecule has 0 aliphatic rings. The quantitative estimate of drug-likeness (QED) is 0.336. The summed E-state index contributed by atoms with van der Waals surface area (Å²) in [6, 6.07) is 9.35. The summed E-state index contributed by atoms with van der Waals surface area (Å²) in [5, 5.41) is 2.69. The number of benzene rings is 2. The van der Waals surface area contributed by atoms with Gasteiger partial charge in [0.15, 0.2) is 11.5 Å². The van der Waals surface area contributed by atoms with Gasteiger partial charge in [0, 0.05) is 31.5 Å². The molecule has 0 spiro atoms. The zero-order chi connectivity index (χ0) is 24.3. The monoisotopic (exact) mass is 478 g/mol. The summed E-state index contributed by atoms with van der Waals surface area (Å²) in [4.78, 5) is 12.4. The smallest absolute Gasteiger partial charge is 0.248 e. The third-order valence-electron chi connectivity index (χ3n) is 4.51. The first-order valence-corrected chi connectivity index (χ1v) is 11.8. The van der Waals surface area contributed by atoms with Crippen LogP contribution in [0.15, 0.2) is 47.4 Å². The highest BCUT2D eigenvalue weighted by molar-refractivity contribution is 7.89. The van der Waals surface area contributed by atoms with Crippen molar-refractivity contribution in [3.05, 3.63) is 48.0 Å². The van der Waals surface area contributed by atoms with E-state index in [9.17, 15) is 13.2 Å². The summed E-state index contributed by atoms with van der Waals surface area (Å²) < 4.78 is 48.3. The molecule has 2 aromatic carbocycles. The van der Waals surface area contributed by atoms with Crippen molar-refractivity contribution in [3.63, 3.8) is 0 Å². The van der Waals surface area contributed by atoms with Gasteiger partial charge in [0.25, 0.3) is 0 Å². The van der Waals surface area contributed by atoms with Crippen LogP contribution in [0.5, 0.6) is 17.2 Å². The number of anilines is 1. The van der Waals surface area contributed by atoms with E-state index in [0.29, 0.717) is 48.1 Å².